The summed E-state index contributed by atoms with van der Waals surface area (Å²) in [6, 6.07) is 0. The van der Waals surface area contributed by atoms with Gasteiger partial charge in [0, 0.05) is 26.8 Å². The predicted molar refractivity (Wildman–Crippen MR) is 67.8 cm³/mol. The molecule has 0 saturated heterocycles. The van der Waals surface area contributed by atoms with Crippen molar-refractivity contribution in [3.63, 3.8) is 0 Å². The Morgan fingerprint density at radius 3 is 2.76 bits per heavy atom. The van der Waals surface area contributed by atoms with Gasteiger partial charge in [0.15, 0.2) is 5.84 Å². The zero-order valence-electron chi connectivity index (χ0n) is 10.3. The van der Waals surface area contributed by atoms with Crippen molar-refractivity contribution in [1.29, 1.82) is 0 Å². The van der Waals surface area contributed by atoms with Gasteiger partial charge in [-0.15, -0.1) is 0 Å². The lowest BCUT2D eigenvalue weighted by molar-refractivity contribution is -0.121. The van der Waals surface area contributed by atoms with Gasteiger partial charge in [-0.3, -0.25) is 9.79 Å². The molecule has 2 aliphatic rings. The highest BCUT2D eigenvalue weighted by atomic mass is 16.2. The summed E-state index contributed by atoms with van der Waals surface area (Å²) in [5, 5.41) is 6.26. The molecule has 0 aromatic rings. The SMILES string of the molecule is CN(C)C(=O)C1=NCC(C2=CCNCC2)=CN1. The first kappa shape index (κ1) is 11.9. The largest absolute Gasteiger partial charge is 0.342 e. The number of carbonyl (C=O) groups is 1. The van der Waals surface area contributed by atoms with Crippen LogP contribution in [0.25, 0.3) is 0 Å². The number of amides is 1. The molecule has 17 heavy (non-hydrogen) atoms. The van der Waals surface area contributed by atoms with Crippen LogP contribution < -0.4 is 10.6 Å². The van der Waals surface area contributed by atoms with Crippen molar-refractivity contribution in [2.45, 2.75) is 6.42 Å². The average Bonchev–Trinajstić information content (AvgIpc) is 2.39. The molecule has 0 saturated carbocycles. The smallest absolute Gasteiger partial charge is 0.288 e. The van der Waals surface area contributed by atoms with Crippen LogP contribution in [-0.4, -0.2) is 50.4 Å². The molecule has 2 heterocycles. The first-order chi connectivity index (χ1) is 8.18. The topological polar surface area (TPSA) is 56.7 Å². The Balaban J connectivity index is 2.00. The Morgan fingerprint density at radius 1 is 1.41 bits per heavy atom. The molecule has 2 N–H and O–H groups in total. The van der Waals surface area contributed by atoms with Crippen molar-refractivity contribution in [1.82, 2.24) is 15.5 Å². The summed E-state index contributed by atoms with van der Waals surface area (Å²) in [5.74, 6) is 0.341. The Bertz CT molecular complexity index is 407. The normalized spacial score (nSPS) is 19.8. The number of nitrogens with one attached hydrogen (secondary N) is 2. The fraction of sp³-hybridized carbons (Fsp3) is 0.500. The lowest BCUT2D eigenvalue weighted by Crippen LogP contribution is -2.39. The molecule has 92 valence electrons. The van der Waals surface area contributed by atoms with Gasteiger partial charge < -0.3 is 15.5 Å². The van der Waals surface area contributed by atoms with E-state index >= 15 is 0 Å². The molecule has 5 nitrogen and oxygen atoms in total. The number of nitrogens with zero attached hydrogens (tertiary/aromatic N) is 2. The Morgan fingerprint density at radius 2 is 2.24 bits per heavy atom. The van der Waals surface area contributed by atoms with E-state index in [2.05, 4.69) is 21.7 Å². The first-order valence-electron chi connectivity index (χ1n) is 5.80. The van der Waals surface area contributed by atoms with E-state index in [0.29, 0.717) is 12.4 Å². The van der Waals surface area contributed by atoms with E-state index in [1.165, 1.54) is 16.0 Å². The van der Waals surface area contributed by atoms with Crippen LogP contribution in [0.4, 0.5) is 0 Å². The van der Waals surface area contributed by atoms with Crippen LogP contribution in [0.5, 0.6) is 0 Å². The Labute approximate surface area is 101 Å². The molecule has 0 radical (unpaired) electrons. The molecule has 0 atom stereocenters. The number of amidine groups is 1. The maximum Gasteiger partial charge on any atom is 0.288 e. The highest BCUT2D eigenvalue weighted by Crippen LogP contribution is 2.17. The summed E-state index contributed by atoms with van der Waals surface area (Å²) in [5.41, 5.74) is 2.51. The minimum atomic E-state index is -0.0837. The van der Waals surface area contributed by atoms with Crippen LogP contribution in [0, 0.1) is 0 Å². The highest BCUT2D eigenvalue weighted by Gasteiger charge is 2.17. The van der Waals surface area contributed by atoms with Crippen LogP contribution in [0.2, 0.25) is 0 Å². The summed E-state index contributed by atoms with van der Waals surface area (Å²) >= 11 is 0. The standard InChI is InChI=1S/C12H18N4O/c1-16(2)12(17)11-14-7-10(8-15-11)9-3-5-13-6-4-9/h3,7,13H,4-6,8H2,1-2H3,(H,14,15). The monoisotopic (exact) mass is 234 g/mol. The lowest BCUT2D eigenvalue weighted by atomic mass is 10.0. The van der Waals surface area contributed by atoms with Gasteiger partial charge in [-0.1, -0.05) is 6.08 Å². The fourth-order valence-corrected chi connectivity index (χ4v) is 1.86. The van der Waals surface area contributed by atoms with Crippen molar-refractivity contribution in [2.24, 2.45) is 4.99 Å². The summed E-state index contributed by atoms with van der Waals surface area (Å²) in [7, 11) is 3.45. The maximum absolute atomic E-state index is 11.7. The van der Waals surface area contributed by atoms with Crippen LogP contribution in [0.1, 0.15) is 6.42 Å². The van der Waals surface area contributed by atoms with Gasteiger partial charge in [0.2, 0.25) is 0 Å². The molecule has 0 unspecified atom stereocenters. The van der Waals surface area contributed by atoms with Gasteiger partial charge in [0.1, 0.15) is 0 Å². The third-order valence-electron chi connectivity index (χ3n) is 2.88. The van der Waals surface area contributed by atoms with Gasteiger partial charge in [-0.2, -0.15) is 0 Å². The van der Waals surface area contributed by atoms with E-state index in [1.807, 2.05) is 6.20 Å². The van der Waals surface area contributed by atoms with Crippen LogP contribution in [0.3, 0.4) is 0 Å². The number of hydrogen-bond acceptors (Lipinski definition) is 4. The molecule has 5 heteroatoms. The third kappa shape index (κ3) is 2.74. The number of likely N-dealkylation sites (N-methyl/N-ethyl adjacent to an activating group) is 1. The summed E-state index contributed by atoms with van der Waals surface area (Å²) in [6.07, 6.45) is 5.12. The van der Waals surface area contributed by atoms with Crippen molar-refractivity contribution >= 4 is 11.7 Å². The first-order valence-corrected chi connectivity index (χ1v) is 5.80. The van der Waals surface area contributed by atoms with Crippen LogP contribution in [-0.2, 0) is 4.79 Å². The van der Waals surface area contributed by atoms with E-state index < -0.39 is 0 Å². The van der Waals surface area contributed by atoms with Crippen LogP contribution in [0.15, 0.2) is 28.4 Å². The zero-order chi connectivity index (χ0) is 12.3. The molecule has 1 amide bonds. The lowest BCUT2D eigenvalue weighted by Gasteiger charge is -2.21. The Hall–Kier alpha value is -1.62. The van der Waals surface area contributed by atoms with Crippen LogP contribution >= 0.6 is 0 Å². The molecule has 2 rings (SSSR count). The molecule has 0 spiro atoms. The van der Waals surface area contributed by atoms with Crippen molar-refractivity contribution < 1.29 is 4.79 Å². The van der Waals surface area contributed by atoms with Crippen molar-refractivity contribution in [3.05, 3.63) is 23.4 Å². The number of carbonyl (C=O) groups excluding carboxylic acids is 1. The minimum absolute atomic E-state index is 0.0837. The van der Waals surface area contributed by atoms with Gasteiger partial charge >= 0.3 is 0 Å². The second-order valence-corrected chi connectivity index (χ2v) is 4.36. The van der Waals surface area contributed by atoms with Crippen molar-refractivity contribution in [2.75, 3.05) is 33.7 Å². The summed E-state index contributed by atoms with van der Waals surface area (Å²) in [6.45, 7) is 2.52. The Kier molecular flexibility index (Phi) is 3.58. The highest BCUT2D eigenvalue weighted by molar-refractivity contribution is 6.38. The third-order valence-corrected chi connectivity index (χ3v) is 2.88. The predicted octanol–water partition coefficient (Wildman–Crippen LogP) is -0.120. The molecule has 2 aliphatic heterocycles. The van der Waals surface area contributed by atoms with E-state index in [1.54, 1.807) is 14.1 Å². The summed E-state index contributed by atoms with van der Waals surface area (Å²) < 4.78 is 0. The van der Waals surface area contributed by atoms with E-state index in [-0.39, 0.29) is 5.91 Å². The molecular formula is C12H18N4O. The second kappa shape index (κ2) is 5.14. The minimum Gasteiger partial charge on any atom is -0.342 e. The molecular weight excluding hydrogens is 216 g/mol. The van der Waals surface area contributed by atoms with Gasteiger partial charge in [0.25, 0.3) is 5.91 Å². The number of rotatable bonds is 2. The number of aliphatic imine (C=N–C) groups is 1. The number of hydrogen-bond donors (Lipinski definition) is 2. The quantitative estimate of drug-likeness (QED) is 0.700. The molecule has 0 aliphatic carbocycles. The molecule has 0 fully saturated rings. The van der Waals surface area contributed by atoms with Gasteiger partial charge in [-0.25, -0.2) is 0 Å². The zero-order valence-corrected chi connectivity index (χ0v) is 10.3. The van der Waals surface area contributed by atoms with E-state index in [4.69, 9.17) is 0 Å². The summed E-state index contributed by atoms with van der Waals surface area (Å²) in [4.78, 5) is 17.5. The maximum atomic E-state index is 11.7. The second-order valence-electron chi connectivity index (χ2n) is 4.36. The molecule has 0 aromatic heterocycles. The van der Waals surface area contributed by atoms with Gasteiger partial charge in [0.05, 0.1) is 6.54 Å². The van der Waals surface area contributed by atoms with E-state index in [9.17, 15) is 4.79 Å². The molecule has 0 aromatic carbocycles. The molecule has 0 bridgehead atoms. The van der Waals surface area contributed by atoms with E-state index in [0.717, 1.165) is 19.5 Å². The fourth-order valence-electron chi connectivity index (χ4n) is 1.86. The van der Waals surface area contributed by atoms with Gasteiger partial charge in [-0.05, 0) is 24.1 Å². The average molecular weight is 234 g/mol. The van der Waals surface area contributed by atoms with Crippen molar-refractivity contribution in [3.8, 4) is 0 Å².